The van der Waals surface area contributed by atoms with Gasteiger partial charge < -0.3 is 22.4 Å². The Kier molecular flexibility index (Phi) is 4.71. The van der Waals surface area contributed by atoms with E-state index in [4.69, 9.17) is 22.4 Å². The molecule has 0 aromatic heterocycles. The summed E-state index contributed by atoms with van der Waals surface area (Å²) < 4.78 is 30.5. The van der Waals surface area contributed by atoms with E-state index < -0.39 is 57.4 Å². The van der Waals surface area contributed by atoms with Crippen molar-refractivity contribution in [2.75, 3.05) is 14.2 Å². The minimum atomic E-state index is -2.30. The molecule has 1 aromatic carbocycles. The van der Waals surface area contributed by atoms with Gasteiger partial charge in [-0.25, -0.2) is 9.59 Å². The fourth-order valence-electron chi connectivity index (χ4n) is 6.90. The van der Waals surface area contributed by atoms with Gasteiger partial charge in [-0.3, -0.25) is 0 Å². The molecule has 0 amide bonds. The predicted molar refractivity (Wildman–Crippen MR) is 135 cm³/mol. The van der Waals surface area contributed by atoms with Crippen LogP contribution in [0.15, 0.2) is 11.1 Å². The molecule has 4 aliphatic heterocycles. The molecule has 7 nitrogen and oxygen atoms in total. The highest BCUT2D eigenvalue weighted by molar-refractivity contribution is 7.14. The quantitative estimate of drug-likeness (QED) is 0.428. The second kappa shape index (κ2) is 6.65. The van der Waals surface area contributed by atoms with Gasteiger partial charge in [0.05, 0.1) is 25.4 Å². The van der Waals surface area contributed by atoms with Gasteiger partial charge in [-0.05, 0) is 84.2 Å². The van der Waals surface area contributed by atoms with Gasteiger partial charge in [0.25, 0.3) is 0 Å². The van der Waals surface area contributed by atoms with E-state index in [-0.39, 0.29) is 11.1 Å². The monoisotopic (exact) mass is 520 g/mol. The second-order valence-corrected chi connectivity index (χ2v) is 27.0. The third-order valence-electron chi connectivity index (χ3n) is 7.43. The number of esters is 2. The number of rotatable bonds is 2. The van der Waals surface area contributed by atoms with Crippen molar-refractivity contribution in [2.24, 2.45) is 0 Å². The topological polar surface area (TPSA) is 80.3 Å². The molecule has 0 spiro atoms. The first-order valence-corrected chi connectivity index (χ1v) is 23.0. The number of fused-ring (bicyclic) bond motifs is 10. The van der Waals surface area contributed by atoms with Crippen LogP contribution >= 0.6 is 0 Å². The molecule has 33 heavy (non-hydrogen) atoms. The van der Waals surface area contributed by atoms with Crippen LogP contribution in [0, 0.1) is 0 Å². The Morgan fingerprint density at radius 1 is 0.606 bits per heavy atom. The second-order valence-electron chi connectivity index (χ2n) is 11.3. The Bertz CT molecular complexity index is 1090. The van der Waals surface area contributed by atoms with Gasteiger partial charge in [0.1, 0.15) is 12.2 Å². The molecule has 11 heteroatoms. The minimum Gasteiger partial charge on any atom is -0.466 e. The standard InChI is InChI=1S/C22H32O7Si4/c1-25-21(23)13-14(22(24)26-2)16-12-11(15(13)27-16)17-19(32(7,8)28-30(17,3)4)20-18(12)31(5,6)29-33(20,9)10/h15-16H,1-10H3/t15-,16+. The van der Waals surface area contributed by atoms with E-state index in [1.165, 1.54) is 35.0 Å². The zero-order valence-corrected chi connectivity index (χ0v) is 25.0. The van der Waals surface area contributed by atoms with Crippen LogP contribution in [-0.2, 0) is 32.0 Å². The Labute approximate surface area is 198 Å². The summed E-state index contributed by atoms with van der Waals surface area (Å²) in [6, 6.07) is 0. The smallest absolute Gasteiger partial charge is 0.337 e. The lowest BCUT2D eigenvalue weighted by Gasteiger charge is -2.29. The van der Waals surface area contributed by atoms with Crippen molar-refractivity contribution >= 4 is 66.0 Å². The van der Waals surface area contributed by atoms with Crippen molar-refractivity contribution in [1.82, 2.24) is 0 Å². The summed E-state index contributed by atoms with van der Waals surface area (Å²) in [5, 5.41) is 5.29. The van der Waals surface area contributed by atoms with Crippen LogP contribution in [-0.4, -0.2) is 59.4 Å². The van der Waals surface area contributed by atoms with E-state index in [9.17, 15) is 9.59 Å². The largest absolute Gasteiger partial charge is 0.466 e. The van der Waals surface area contributed by atoms with Crippen molar-refractivity contribution in [1.29, 1.82) is 0 Å². The van der Waals surface area contributed by atoms with Gasteiger partial charge >= 0.3 is 11.9 Å². The number of ether oxygens (including phenoxy) is 3. The zero-order valence-electron chi connectivity index (χ0n) is 21.0. The maximum absolute atomic E-state index is 12.9. The fourth-order valence-corrected chi connectivity index (χ4v) is 30.6. The molecule has 0 saturated carbocycles. The number of hydrogen-bond donors (Lipinski definition) is 0. The SMILES string of the molecule is COC(=O)C1=C(C(=O)OC)[C@@H]2O[C@H]1c1c2c2c(c3c1[Si](C)(C)O[Si]3(C)C)[Si](C)(C)O[Si]2(C)C. The summed E-state index contributed by atoms with van der Waals surface area (Å²) in [4.78, 5) is 25.8. The average Bonchev–Trinajstić information content (AvgIpc) is 3.35. The van der Waals surface area contributed by atoms with Crippen LogP contribution in [0.4, 0.5) is 0 Å². The summed E-state index contributed by atoms with van der Waals surface area (Å²) in [6.07, 6.45) is -1.28. The van der Waals surface area contributed by atoms with Gasteiger partial charge in [-0.2, -0.15) is 0 Å². The first-order chi connectivity index (χ1) is 15.1. The number of benzene rings is 1. The number of carbonyl (C=O) groups excluding carboxylic acids is 2. The molecule has 0 aliphatic carbocycles. The molecule has 0 saturated heterocycles. The van der Waals surface area contributed by atoms with Crippen molar-refractivity contribution in [2.45, 2.75) is 64.6 Å². The maximum Gasteiger partial charge on any atom is 0.337 e. The first kappa shape index (κ1) is 23.4. The van der Waals surface area contributed by atoms with Crippen LogP contribution in [0.2, 0.25) is 52.4 Å². The fraction of sp³-hybridized carbons (Fsp3) is 0.545. The number of methoxy groups -OCH3 is 2. The highest BCUT2D eigenvalue weighted by Gasteiger charge is 2.63. The molecule has 178 valence electrons. The normalized spacial score (nSPS) is 28.4. The van der Waals surface area contributed by atoms with Crippen LogP contribution in [0.3, 0.4) is 0 Å². The van der Waals surface area contributed by atoms with Crippen LogP contribution in [0.25, 0.3) is 0 Å². The van der Waals surface area contributed by atoms with Gasteiger partial charge in [0, 0.05) is 0 Å². The van der Waals surface area contributed by atoms with E-state index in [2.05, 4.69) is 52.4 Å². The number of hydrogen-bond acceptors (Lipinski definition) is 7. The van der Waals surface area contributed by atoms with Gasteiger partial charge in [0.15, 0.2) is 0 Å². The minimum absolute atomic E-state index is 0.273. The highest BCUT2D eigenvalue weighted by Crippen LogP contribution is 2.55. The van der Waals surface area contributed by atoms with Gasteiger partial charge in [-0.15, -0.1) is 0 Å². The van der Waals surface area contributed by atoms with E-state index in [0.717, 1.165) is 11.1 Å². The van der Waals surface area contributed by atoms with E-state index in [1.54, 1.807) is 0 Å². The summed E-state index contributed by atoms with van der Waals surface area (Å²) in [5.74, 6) is -1.08. The third-order valence-corrected chi connectivity index (χ3v) is 23.2. The first-order valence-electron chi connectivity index (χ1n) is 11.3. The molecule has 1 aromatic rings. The van der Waals surface area contributed by atoms with E-state index >= 15 is 0 Å². The van der Waals surface area contributed by atoms with Gasteiger partial charge in [0.2, 0.25) is 33.3 Å². The number of carbonyl (C=O) groups is 2. The summed E-state index contributed by atoms with van der Waals surface area (Å²) in [5.41, 5.74) is 2.64. The Morgan fingerprint density at radius 2 is 0.909 bits per heavy atom. The van der Waals surface area contributed by atoms with Crippen LogP contribution in [0.1, 0.15) is 23.3 Å². The molecular weight excluding hydrogens is 489 g/mol. The van der Waals surface area contributed by atoms with E-state index in [0.29, 0.717) is 0 Å². The van der Waals surface area contributed by atoms with Gasteiger partial charge in [-0.1, -0.05) is 0 Å². The molecule has 0 unspecified atom stereocenters. The predicted octanol–water partition coefficient (Wildman–Crippen LogP) is 1.16. The Morgan fingerprint density at radius 3 is 1.21 bits per heavy atom. The lowest BCUT2D eigenvalue weighted by Crippen LogP contribution is -2.66. The summed E-state index contributed by atoms with van der Waals surface area (Å²) in [7, 11) is -6.37. The Balaban J connectivity index is 1.95. The molecule has 4 aliphatic rings. The van der Waals surface area contributed by atoms with Crippen molar-refractivity contribution < 1.29 is 32.0 Å². The molecule has 4 heterocycles. The molecule has 2 atom stereocenters. The lowest BCUT2D eigenvalue weighted by atomic mass is 9.85. The van der Waals surface area contributed by atoms with Crippen molar-refractivity contribution in [3.8, 4) is 0 Å². The third kappa shape index (κ3) is 2.81. The zero-order chi connectivity index (χ0) is 24.5. The molecule has 5 rings (SSSR count). The maximum atomic E-state index is 12.9. The van der Waals surface area contributed by atoms with Crippen LogP contribution in [0.5, 0.6) is 0 Å². The molecule has 0 N–H and O–H groups in total. The van der Waals surface area contributed by atoms with E-state index in [1.807, 2.05) is 0 Å². The molecule has 0 fully saturated rings. The average molecular weight is 521 g/mol. The molecular formula is C22H32O7Si4. The molecule has 2 bridgehead atoms. The highest BCUT2D eigenvalue weighted by atomic mass is 28.4. The molecule has 0 radical (unpaired) electrons. The summed E-state index contributed by atoms with van der Waals surface area (Å²) in [6.45, 7) is 18.1. The van der Waals surface area contributed by atoms with Crippen LogP contribution < -0.4 is 20.7 Å². The summed E-state index contributed by atoms with van der Waals surface area (Å²) >= 11 is 0. The van der Waals surface area contributed by atoms with Crippen molar-refractivity contribution in [3.63, 3.8) is 0 Å². The van der Waals surface area contributed by atoms with Crippen molar-refractivity contribution in [3.05, 3.63) is 22.3 Å². The lowest BCUT2D eigenvalue weighted by molar-refractivity contribution is -0.139. The Hall–Kier alpha value is -1.35.